The lowest BCUT2D eigenvalue weighted by Crippen LogP contribution is -1.97. The van der Waals surface area contributed by atoms with Crippen LogP contribution in [0.5, 0.6) is 0 Å². The predicted octanol–water partition coefficient (Wildman–Crippen LogP) is 1.97. The van der Waals surface area contributed by atoms with Crippen LogP contribution >= 0.6 is 0 Å². The summed E-state index contributed by atoms with van der Waals surface area (Å²) in [5.41, 5.74) is 1.07. The number of nitrogens with zero attached hydrogens (tertiary/aromatic N) is 3. The zero-order valence-electron chi connectivity index (χ0n) is 10.6. The largest absolute Gasteiger partial charge is 0.481 e. The zero-order chi connectivity index (χ0) is 14.7. The molecule has 0 radical (unpaired) electrons. The van der Waals surface area contributed by atoms with Crippen molar-refractivity contribution in [1.82, 2.24) is 10.2 Å². The van der Waals surface area contributed by atoms with Crippen LogP contribution in [0, 0.1) is 17.0 Å². The number of nitro groups is 1. The van der Waals surface area contributed by atoms with Crippen LogP contribution in [0.3, 0.4) is 0 Å². The van der Waals surface area contributed by atoms with Crippen LogP contribution in [0.1, 0.15) is 17.9 Å². The van der Waals surface area contributed by atoms with Crippen LogP contribution in [0.25, 0.3) is 11.5 Å². The molecule has 8 heteroatoms. The topological polar surface area (TPSA) is 119 Å². The SMILES string of the molecule is Cc1cc(-c2nnc(CCC(=O)O)o2)cc([N+](=O)[O-])c1. The monoisotopic (exact) mass is 277 g/mol. The Bertz CT molecular complexity index is 665. The van der Waals surface area contributed by atoms with Crippen LogP contribution in [-0.4, -0.2) is 26.2 Å². The average Bonchev–Trinajstić information content (AvgIpc) is 2.84. The molecular formula is C12H11N3O5. The molecule has 0 amide bonds. The number of non-ortho nitro benzene ring substituents is 1. The molecule has 20 heavy (non-hydrogen) atoms. The van der Waals surface area contributed by atoms with Crippen LogP contribution in [0.4, 0.5) is 5.69 Å². The second-order valence-electron chi connectivity index (χ2n) is 4.21. The highest BCUT2D eigenvalue weighted by Crippen LogP contribution is 2.25. The van der Waals surface area contributed by atoms with Gasteiger partial charge in [0.05, 0.1) is 11.3 Å². The predicted molar refractivity (Wildman–Crippen MR) is 67.1 cm³/mol. The molecule has 2 rings (SSSR count). The maximum absolute atomic E-state index is 10.8. The Labute approximate surface area is 113 Å². The third-order valence-electron chi connectivity index (χ3n) is 2.54. The van der Waals surface area contributed by atoms with Crippen molar-refractivity contribution in [2.45, 2.75) is 19.8 Å². The highest BCUT2D eigenvalue weighted by Gasteiger charge is 2.14. The third-order valence-corrected chi connectivity index (χ3v) is 2.54. The van der Waals surface area contributed by atoms with Gasteiger partial charge in [0.15, 0.2) is 0 Å². The van der Waals surface area contributed by atoms with Gasteiger partial charge in [0, 0.05) is 24.1 Å². The van der Waals surface area contributed by atoms with Crippen molar-refractivity contribution in [2.75, 3.05) is 0 Å². The van der Waals surface area contributed by atoms with Gasteiger partial charge in [-0.2, -0.15) is 0 Å². The highest BCUT2D eigenvalue weighted by molar-refractivity contribution is 5.66. The second kappa shape index (κ2) is 5.47. The summed E-state index contributed by atoms with van der Waals surface area (Å²) >= 11 is 0. The van der Waals surface area contributed by atoms with Gasteiger partial charge in [-0.3, -0.25) is 14.9 Å². The quantitative estimate of drug-likeness (QED) is 0.655. The van der Waals surface area contributed by atoms with Crippen molar-refractivity contribution >= 4 is 11.7 Å². The van der Waals surface area contributed by atoms with Crippen molar-refractivity contribution in [3.63, 3.8) is 0 Å². The van der Waals surface area contributed by atoms with Gasteiger partial charge in [0.1, 0.15) is 0 Å². The lowest BCUT2D eigenvalue weighted by Gasteiger charge is -1.98. The molecule has 1 aromatic carbocycles. The maximum atomic E-state index is 10.8. The summed E-state index contributed by atoms with van der Waals surface area (Å²) in [4.78, 5) is 20.7. The Morgan fingerprint density at radius 3 is 2.80 bits per heavy atom. The first-order valence-electron chi connectivity index (χ1n) is 5.76. The summed E-state index contributed by atoms with van der Waals surface area (Å²) in [5, 5.41) is 26.9. The molecule has 8 nitrogen and oxygen atoms in total. The van der Waals surface area contributed by atoms with Crippen LogP contribution in [0.15, 0.2) is 22.6 Å². The summed E-state index contributed by atoms with van der Waals surface area (Å²) in [6, 6.07) is 4.45. The first-order chi connectivity index (χ1) is 9.45. The molecule has 0 saturated carbocycles. The Kier molecular flexibility index (Phi) is 3.74. The smallest absolute Gasteiger partial charge is 0.303 e. The molecule has 0 unspecified atom stereocenters. The molecule has 0 aliphatic carbocycles. The van der Waals surface area contributed by atoms with Crippen molar-refractivity contribution in [3.8, 4) is 11.5 Å². The molecule has 0 saturated heterocycles. The van der Waals surface area contributed by atoms with Gasteiger partial charge >= 0.3 is 5.97 Å². The highest BCUT2D eigenvalue weighted by atomic mass is 16.6. The fourth-order valence-corrected chi connectivity index (χ4v) is 1.68. The molecule has 1 N–H and O–H groups in total. The molecule has 0 atom stereocenters. The van der Waals surface area contributed by atoms with E-state index in [1.807, 2.05) is 0 Å². The number of rotatable bonds is 5. The van der Waals surface area contributed by atoms with Crippen LogP contribution in [0.2, 0.25) is 0 Å². The minimum Gasteiger partial charge on any atom is -0.481 e. The summed E-state index contributed by atoms with van der Waals surface area (Å²) in [7, 11) is 0. The van der Waals surface area contributed by atoms with Gasteiger partial charge < -0.3 is 9.52 Å². The fraction of sp³-hybridized carbons (Fsp3) is 0.250. The van der Waals surface area contributed by atoms with Crippen LogP contribution in [-0.2, 0) is 11.2 Å². The maximum Gasteiger partial charge on any atom is 0.303 e. The fourth-order valence-electron chi connectivity index (χ4n) is 1.68. The summed E-state index contributed by atoms with van der Waals surface area (Å²) in [5.74, 6) is -0.639. The zero-order valence-corrected chi connectivity index (χ0v) is 10.6. The minimum absolute atomic E-state index is 0.0646. The van der Waals surface area contributed by atoms with Gasteiger partial charge in [-0.1, -0.05) is 0 Å². The standard InChI is InChI=1S/C12H11N3O5/c1-7-4-8(6-9(5-7)15(18)19)12-14-13-10(20-12)2-3-11(16)17/h4-6H,2-3H2,1H3,(H,16,17). The molecule has 0 spiro atoms. The van der Waals surface area contributed by atoms with Crippen molar-refractivity contribution in [3.05, 3.63) is 39.8 Å². The molecule has 0 fully saturated rings. The Morgan fingerprint density at radius 1 is 1.40 bits per heavy atom. The van der Waals surface area contributed by atoms with E-state index in [4.69, 9.17) is 9.52 Å². The van der Waals surface area contributed by atoms with E-state index in [2.05, 4.69) is 10.2 Å². The van der Waals surface area contributed by atoms with Crippen molar-refractivity contribution in [2.24, 2.45) is 0 Å². The number of hydrogen-bond donors (Lipinski definition) is 1. The van der Waals surface area contributed by atoms with E-state index >= 15 is 0 Å². The Morgan fingerprint density at radius 2 is 2.15 bits per heavy atom. The number of carboxylic acids is 1. The summed E-state index contributed by atoms with van der Waals surface area (Å²) < 4.78 is 5.30. The average molecular weight is 277 g/mol. The number of aryl methyl sites for hydroxylation is 2. The van der Waals surface area contributed by atoms with E-state index in [0.717, 1.165) is 0 Å². The van der Waals surface area contributed by atoms with Crippen molar-refractivity contribution in [1.29, 1.82) is 0 Å². The van der Waals surface area contributed by atoms with E-state index in [9.17, 15) is 14.9 Å². The number of nitro benzene ring substituents is 1. The summed E-state index contributed by atoms with van der Waals surface area (Å²) in [6.45, 7) is 1.72. The van der Waals surface area contributed by atoms with E-state index in [-0.39, 0.29) is 30.3 Å². The molecule has 0 aliphatic heterocycles. The Balaban J connectivity index is 2.27. The lowest BCUT2D eigenvalue weighted by atomic mass is 10.1. The number of carbonyl (C=O) groups is 1. The van der Waals surface area contributed by atoms with Gasteiger partial charge in [-0.05, 0) is 18.6 Å². The van der Waals surface area contributed by atoms with Gasteiger partial charge in [0.25, 0.3) is 5.69 Å². The molecule has 2 aromatic rings. The molecule has 1 aromatic heterocycles. The molecule has 1 heterocycles. The first kappa shape index (κ1) is 13.7. The summed E-state index contributed by atoms with van der Waals surface area (Å²) in [6.07, 6.45) is 0.00579. The van der Waals surface area contributed by atoms with Gasteiger partial charge in [-0.15, -0.1) is 10.2 Å². The second-order valence-corrected chi connectivity index (χ2v) is 4.21. The number of aromatic nitrogens is 2. The normalized spacial score (nSPS) is 10.4. The van der Waals surface area contributed by atoms with E-state index in [1.54, 1.807) is 13.0 Å². The minimum atomic E-state index is -0.962. The van der Waals surface area contributed by atoms with E-state index < -0.39 is 10.9 Å². The molecular weight excluding hydrogens is 266 g/mol. The molecule has 0 bridgehead atoms. The Hall–Kier alpha value is -2.77. The van der Waals surface area contributed by atoms with E-state index in [1.165, 1.54) is 12.1 Å². The number of hydrogen-bond acceptors (Lipinski definition) is 6. The molecule has 104 valence electrons. The number of benzene rings is 1. The lowest BCUT2D eigenvalue weighted by molar-refractivity contribution is -0.384. The molecule has 0 aliphatic rings. The number of carboxylic acid groups (broad SMARTS) is 1. The number of aliphatic carboxylic acids is 1. The van der Waals surface area contributed by atoms with Crippen molar-refractivity contribution < 1.29 is 19.2 Å². The van der Waals surface area contributed by atoms with Crippen LogP contribution < -0.4 is 0 Å². The van der Waals surface area contributed by atoms with Gasteiger partial charge in [-0.25, -0.2) is 0 Å². The third kappa shape index (κ3) is 3.16. The van der Waals surface area contributed by atoms with Gasteiger partial charge in [0.2, 0.25) is 11.8 Å². The van der Waals surface area contributed by atoms with E-state index in [0.29, 0.717) is 11.1 Å². The first-order valence-corrected chi connectivity index (χ1v) is 5.76.